The van der Waals surface area contributed by atoms with Gasteiger partial charge in [0.05, 0.1) is 34.4 Å². The smallest absolute Gasteiger partial charge is 0.341 e. The number of nitrogens with zero attached hydrogens (tertiary/aromatic N) is 3. The van der Waals surface area contributed by atoms with E-state index in [2.05, 4.69) is 10.2 Å². The van der Waals surface area contributed by atoms with Gasteiger partial charge in [0.15, 0.2) is 5.82 Å². The third-order valence-electron chi connectivity index (χ3n) is 5.86. The zero-order chi connectivity index (χ0) is 22.9. The fourth-order valence-electron chi connectivity index (χ4n) is 4.24. The number of pyridine rings is 1. The summed E-state index contributed by atoms with van der Waals surface area (Å²) in [7, 11) is 0. The lowest BCUT2D eigenvalue weighted by atomic mass is 9.99. The number of nitrogens with one attached hydrogen (secondary N) is 1. The van der Waals surface area contributed by atoms with E-state index in [0.717, 1.165) is 12.3 Å². The molecule has 0 atom stereocenters. The first kappa shape index (κ1) is 20.1. The Morgan fingerprint density at radius 2 is 2.00 bits per heavy atom. The van der Waals surface area contributed by atoms with Crippen LogP contribution in [0.15, 0.2) is 17.1 Å². The summed E-state index contributed by atoms with van der Waals surface area (Å²) in [5.41, 5.74) is 4.02. The Balaban J connectivity index is 1.84. The minimum Gasteiger partial charge on any atom is -0.477 e. The molecule has 0 radical (unpaired) electrons. The van der Waals surface area contributed by atoms with E-state index in [4.69, 9.17) is 5.73 Å². The molecule has 0 spiro atoms. The molecule has 1 saturated carbocycles. The highest BCUT2D eigenvalue weighted by molar-refractivity contribution is 6.14. The van der Waals surface area contributed by atoms with Crippen molar-refractivity contribution in [2.45, 2.75) is 38.4 Å². The van der Waals surface area contributed by atoms with E-state index in [1.807, 2.05) is 0 Å². The lowest BCUT2D eigenvalue weighted by molar-refractivity contribution is 0.0679. The summed E-state index contributed by atoms with van der Waals surface area (Å²) >= 11 is 0. The molecule has 0 unspecified atom stereocenters. The Labute approximate surface area is 177 Å². The van der Waals surface area contributed by atoms with Crippen molar-refractivity contribution in [2.75, 3.05) is 10.6 Å². The zero-order valence-corrected chi connectivity index (χ0v) is 16.4. The minimum absolute atomic E-state index is 0.0183. The van der Waals surface area contributed by atoms with E-state index in [1.54, 1.807) is 0 Å². The number of alkyl halides is 2. The topological polar surface area (TPSA) is 134 Å². The van der Waals surface area contributed by atoms with Gasteiger partial charge in [-0.25, -0.2) is 18.0 Å². The quantitative estimate of drug-likeness (QED) is 0.512. The molecule has 5 rings (SSSR count). The van der Waals surface area contributed by atoms with E-state index >= 15 is 4.39 Å². The fraction of sp³-hybridized carbons (Fsp3) is 0.300. The largest absolute Gasteiger partial charge is 0.477 e. The maximum Gasteiger partial charge on any atom is 0.341 e. The standard InChI is InChI=1S/C20H16F3N5O4/c21-11-3-8-14(28(7-1-2-7)5-10(16(8)29)20(31)32)13(17(30)18(22)23)15(11)27-4-9-12(6-27)25-26-19(9)24/h3,5,7,18H,1-2,4,6H2,(H,31,32)(H3,24,25,26). The van der Waals surface area contributed by atoms with E-state index in [-0.39, 0.29) is 36.2 Å². The van der Waals surface area contributed by atoms with Gasteiger partial charge in [0.1, 0.15) is 11.4 Å². The molecule has 0 amide bonds. The SMILES string of the molecule is Nc1n[nH]c2c1CN(c1c(F)cc3c(=O)c(C(=O)O)cn(C4CC4)c3c1C(=O)C(F)F)C2. The zero-order valence-electron chi connectivity index (χ0n) is 16.4. The number of Topliss-reactive ketones (excluding diaryl/α,β-unsaturated/α-hetero) is 1. The molecule has 166 valence electrons. The maximum atomic E-state index is 15.4. The number of hydrogen-bond acceptors (Lipinski definition) is 6. The molecule has 4 N–H and O–H groups in total. The van der Waals surface area contributed by atoms with Gasteiger partial charge in [-0.15, -0.1) is 0 Å². The van der Waals surface area contributed by atoms with Crippen LogP contribution in [0.4, 0.5) is 24.7 Å². The van der Waals surface area contributed by atoms with E-state index in [1.165, 1.54) is 9.47 Å². The number of nitrogens with two attached hydrogens (primary N) is 1. The van der Waals surface area contributed by atoms with Gasteiger partial charge in [0.25, 0.3) is 0 Å². The van der Waals surface area contributed by atoms with Gasteiger partial charge in [0, 0.05) is 24.3 Å². The van der Waals surface area contributed by atoms with Crippen molar-refractivity contribution in [2.24, 2.45) is 0 Å². The number of carboxylic acids is 1. The van der Waals surface area contributed by atoms with Gasteiger partial charge >= 0.3 is 12.4 Å². The van der Waals surface area contributed by atoms with Gasteiger partial charge in [-0.05, 0) is 18.9 Å². The Morgan fingerprint density at radius 1 is 1.28 bits per heavy atom. The van der Waals surface area contributed by atoms with Crippen molar-refractivity contribution in [3.63, 3.8) is 0 Å². The molecule has 0 saturated heterocycles. The number of carbonyl (C=O) groups excluding carboxylic acids is 1. The Morgan fingerprint density at radius 3 is 2.59 bits per heavy atom. The van der Waals surface area contributed by atoms with Gasteiger partial charge in [-0.3, -0.25) is 14.7 Å². The number of carbonyl (C=O) groups is 2. The van der Waals surface area contributed by atoms with Crippen LogP contribution < -0.4 is 16.1 Å². The average molecular weight is 447 g/mol. The van der Waals surface area contributed by atoms with Crippen molar-refractivity contribution in [1.29, 1.82) is 0 Å². The summed E-state index contributed by atoms with van der Waals surface area (Å²) in [4.78, 5) is 38.4. The van der Waals surface area contributed by atoms with Gasteiger partial charge in [0.2, 0.25) is 11.2 Å². The second kappa shape index (κ2) is 6.84. The number of aromatic nitrogens is 3. The number of ketones is 1. The van der Waals surface area contributed by atoms with Crippen molar-refractivity contribution in [1.82, 2.24) is 14.8 Å². The average Bonchev–Trinajstić information content (AvgIpc) is 3.40. The lowest BCUT2D eigenvalue weighted by Crippen LogP contribution is -2.26. The number of halogens is 3. The monoisotopic (exact) mass is 447 g/mol. The number of fused-ring (bicyclic) bond motifs is 2. The summed E-state index contributed by atoms with van der Waals surface area (Å²) < 4.78 is 44.0. The molecule has 32 heavy (non-hydrogen) atoms. The number of benzene rings is 1. The molecule has 1 aliphatic carbocycles. The molecule has 1 aliphatic heterocycles. The van der Waals surface area contributed by atoms with Crippen LogP contribution in [-0.4, -0.2) is 38.0 Å². The number of aromatic amines is 1. The van der Waals surface area contributed by atoms with Crippen LogP contribution in [0.1, 0.15) is 50.9 Å². The molecule has 3 aromatic rings. The van der Waals surface area contributed by atoms with Crippen LogP contribution in [0.3, 0.4) is 0 Å². The molecular weight excluding hydrogens is 431 g/mol. The molecule has 12 heteroatoms. The van der Waals surface area contributed by atoms with Gasteiger partial charge in [-0.1, -0.05) is 0 Å². The first-order valence-corrected chi connectivity index (χ1v) is 9.72. The maximum absolute atomic E-state index is 15.4. The number of nitrogen functional groups attached to an aromatic ring is 1. The molecule has 1 aromatic carbocycles. The van der Waals surface area contributed by atoms with Crippen LogP contribution in [0.2, 0.25) is 0 Å². The summed E-state index contributed by atoms with van der Waals surface area (Å²) in [6.45, 7) is 0.0524. The van der Waals surface area contributed by atoms with Crippen LogP contribution in [0.5, 0.6) is 0 Å². The second-order valence-corrected chi connectivity index (χ2v) is 7.88. The molecule has 2 aromatic heterocycles. The molecule has 2 aliphatic rings. The summed E-state index contributed by atoms with van der Waals surface area (Å²) in [5.74, 6) is -4.09. The van der Waals surface area contributed by atoms with Crippen LogP contribution >= 0.6 is 0 Å². The predicted octanol–water partition coefficient (Wildman–Crippen LogP) is 2.45. The van der Waals surface area contributed by atoms with Crippen molar-refractivity contribution in [3.8, 4) is 0 Å². The summed E-state index contributed by atoms with van der Waals surface area (Å²) in [6.07, 6.45) is -1.22. The van der Waals surface area contributed by atoms with Crippen LogP contribution in [-0.2, 0) is 13.1 Å². The molecule has 0 bridgehead atoms. The Bertz CT molecular complexity index is 1380. The number of H-pyrrole nitrogens is 1. The number of aromatic carboxylic acids is 1. The number of hydrogen-bond donors (Lipinski definition) is 3. The Kier molecular flexibility index (Phi) is 4.29. The number of anilines is 2. The summed E-state index contributed by atoms with van der Waals surface area (Å²) in [6, 6.07) is 0.527. The predicted molar refractivity (Wildman–Crippen MR) is 107 cm³/mol. The molecule has 9 nitrogen and oxygen atoms in total. The third-order valence-corrected chi connectivity index (χ3v) is 5.86. The summed E-state index contributed by atoms with van der Waals surface area (Å²) in [5, 5.41) is 15.5. The fourth-order valence-corrected chi connectivity index (χ4v) is 4.24. The Hall–Kier alpha value is -3.83. The van der Waals surface area contributed by atoms with Crippen LogP contribution in [0, 0.1) is 5.82 Å². The lowest BCUT2D eigenvalue weighted by Gasteiger charge is -2.25. The third kappa shape index (κ3) is 2.86. The molecule has 1 fully saturated rings. The number of rotatable bonds is 5. The highest BCUT2D eigenvalue weighted by Crippen LogP contribution is 2.42. The van der Waals surface area contributed by atoms with Gasteiger partial charge < -0.3 is 20.3 Å². The van der Waals surface area contributed by atoms with Crippen LogP contribution in [0.25, 0.3) is 10.9 Å². The van der Waals surface area contributed by atoms with E-state index in [0.29, 0.717) is 24.1 Å². The van der Waals surface area contributed by atoms with Gasteiger partial charge in [-0.2, -0.15) is 5.10 Å². The van der Waals surface area contributed by atoms with Crippen molar-refractivity contribution >= 4 is 34.2 Å². The normalized spacial score (nSPS) is 15.6. The number of carboxylic acid groups (broad SMARTS) is 1. The van der Waals surface area contributed by atoms with Crippen molar-refractivity contribution < 1.29 is 27.9 Å². The first-order chi connectivity index (χ1) is 15.2. The molecule has 3 heterocycles. The highest BCUT2D eigenvalue weighted by atomic mass is 19.3. The highest BCUT2D eigenvalue weighted by Gasteiger charge is 2.36. The van der Waals surface area contributed by atoms with E-state index in [9.17, 15) is 28.3 Å². The van der Waals surface area contributed by atoms with E-state index < -0.39 is 45.9 Å². The molecular formula is C20H16F3N5O4. The second-order valence-electron chi connectivity index (χ2n) is 7.88. The minimum atomic E-state index is -3.46. The van der Waals surface area contributed by atoms with Crippen molar-refractivity contribution in [3.05, 3.63) is 50.7 Å². The first-order valence-electron chi connectivity index (χ1n) is 9.72.